The molecule has 1 rings (SSSR count). The number of nitrogens with one attached hydrogen (secondary N) is 1. The van der Waals surface area contributed by atoms with Crippen LogP contribution in [0.4, 0.5) is 18.9 Å². The smallest absolute Gasteiger partial charge is 0.406 e. The molecule has 124 valence electrons. The molecule has 1 N–H and O–H groups in total. The van der Waals surface area contributed by atoms with Gasteiger partial charge in [-0.3, -0.25) is 4.79 Å². The average molecular weight is 318 g/mol. The summed E-state index contributed by atoms with van der Waals surface area (Å²) in [5.74, 6) is -0.565. The SMILES string of the molecule is CN(C)CCCCCC(=O)Nc1cccc(OC(F)(F)F)c1. The Balaban J connectivity index is 2.36. The lowest BCUT2D eigenvalue weighted by Gasteiger charge is -2.11. The Morgan fingerprint density at radius 3 is 2.59 bits per heavy atom. The van der Waals surface area contributed by atoms with E-state index >= 15 is 0 Å². The molecule has 1 amide bonds. The summed E-state index contributed by atoms with van der Waals surface area (Å²) < 4.78 is 40.2. The lowest BCUT2D eigenvalue weighted by atomic mass is 10.2. The van der Waals surface area contributed by atoms with Crippen LogP contribution in [0.3, 0.4) is 0 Å². The first-order valence-electron chi connectivity index (χ1n) is 7.06. The Morgan fingerprint density at radius 2 is 1.95 bits per heavy atom. The van der Waals surface area contributed by atoms with E-state index in [1.54, 1.807) is 0 Å². The number of nitrogens with zero attached hydrogens (tertiary/aromatic N) is 1. The molecule has 0 radical (unpaired) electrons. The van der Waals surface area contributed by atoms with E-state index in [1.165, 1.54) is 18.2 Å². The second-order valence-electron chi connectivity index (χ2n) is 5.24. The molecular formula is C15H21F3N2O2. The van der Waals surface area contributed by atoms with Crippen molar-refractivity contribution in [2.75, 3.05) is 26.0 Å². The normalized spacial score (nSPS) is 11.5. The number of hydrogen-bond donors (Lipinski definition) is 1. The zero-order chi connectivity index (χ0) is 16.6. The molecule has 22 heavy (non-hydrogen) atoms. The summed E-state index contributed by atoms with van der Waals surface area (Å²) in [5, 5.41) is 2.57. The third kappa shape index (κ3) is 8.51. The molecule has 0 atom stereocenters. The minimum atomic E-state index is -4.74. The van der Waals surface area contributed by atoms with Gasteiger partial charge in [0.05, 0.1) is 0 Å². The molecule has 0 aliphatic rings. The van der Waals surface area contributed by atoms with Crippen molar-refractivity contribution in [2.24, 2.45) is 0 Å². The number of unbranched alkanes of at least 4 members (excludes halogenated alkanes) is 2. The number of hydrogen-bond acceptors (Lipinski definition) is 3. The van der Waals surface area contributed by atoms with Gasteiger partial charge in [-0.15, -0.1) is 13.2 Å². The van der Waals surface area contributed by atoms with Crippen LogP contribution in [0.2, 0.25) is 0 Å². The van der Waals surface area contributed by atoms with Crippen molar-refractivity contribution < 1.29 is 22.7 Å². The van der Waals surface area contributed by atoms with E-state index in [0.29, 0.717) is 12.1 Å². The van der Waals surface area contributed by atoms with Gasteiger partial charge in [0, 0.05) is 18.2 Å². The standard InChI is InChI=1S/C15H21F3N2O2/c1-20(2)10-5-3-4-9-14(21)19-12-7-6-8-13(11-12)22-15(16,17)18/h6-8,11H,3-5,9-10H2,1-2H3,(H,19,21). The monoisotopic (exact) mass is 318 g/mol. The summed E-state index contributed by atoms with van der Waals surface area (Å²) in [6, 6.07) is 5.25. The Hall–Kier alpha value is -1.76. The van der Waals surface area contributed by atoms with Crippen molar-refractivity contribution >= 4 is 11.6 Å². The lowest BCUT2D eigenvalue weighted by Crippen LogP contribution is -2.17. The number of benzene rings is 1. The highest BCUT2D eigenvalue weighted by molar-refractivity contribution is 5.90. The maximum absolute atomic E-state index is 12.1. The molecule has 1 aromatic carbocycles. The summed E-state index contributed by atoms with van der Waals surface area (Å²) in [5.41, 5.74) is 0.292. The lowest BCUT2D eigenvalue weighted by molar-refractivity contribution is -0.274. The van der Waals surface area contributed by atoms with Gasteiger partial charge in [0.25, 0.3) is 0 Å². The zero-order valence-corrected chi connectivity index (χ0v) is 12.7. The molecule has 7 heteroatoms. The van der Waals surface area contributed by atoms with Crippen molar-refractivity contribution in [2.45, 2.75) is 32.0 Å². The first-order chi connectivity index (χ1) is 10.3. The van der Waals surface area contributed by atoms with Crippen molar-refractivity contribution in [3.05, 3.63) is 24.3 Å². The van der Waals surface area contributed by atoms with Gasteiger partial charge in [-0.2, -0.15) is 0 Å². The first-order valence-corrected chi connectivity index (χ1v) is 7.06. The molecule has 0 aliphatic heterocycles. The van der Waals surface area contributed by atoms with E-state index in [9.17, 15) is 18.0 Å². The molecular weight excluding hydrogens is 297 g/mol. The maximum atomic E-state index is 12.1. The molecule has 4 nitrogen and oxygen atoms in total. The zero-order valence-electron chi connectivity index (χ0n) is 12.7. The first kappa shape index (κ1) is 18.3. The molecule has 0 fully saturated rings. The summed E-state index contributed by atoms with van der Waals surface area (Å²) >= 11 is 0. The molecule has 0 heterocycles. The van der Waals surface area contributed by atoms with Crippen LogP contribution in [0.25, 0.3) is 0 Å². The number of carbonyl (C=O) groups excluding carboxylic acids is 1. The van der Waals surface area contributed by atoms with Crippen LogP contribution in [0, 0.1) is 0 Å². The van der Waals surface area contributed by atoms with E-state index in [4.69, 9.17) is 0 Å². The molecule has 0 bridgehead atoms. The maximum Gasteiger partial charge on any atom is 0.573 e. The Labute approximate surface area is 128 Å². The van der Waals surface area contributed by atoms with Gasteiger partial charge in [0.15, 0.2) is 0 Å². The van der Waals surface area contributed by atoms with Crippen LogP contribution in [0.1, 0.15) is 25.7 Å². The number of carbonyl (C=O) groups is 1. The summed E-state index contributed by atoms with van der Waals surface area (Å²) in [4.78, 5) is 13.8. The average Bonchev–Trinajstić information content (AvgIpc) is 2.36. The van der Waals surface area contributed by atoms with Crippen LogP contribution in [0.5, 0.6) is 5.75 Å². The third-order valence-corrected chi connectivity index (χ3v) is 2.86. The number of alkyl halides is 3. The van der Waals surface area contributed by atoms with Crippen LogP contribution in [0.15, 0.2) is 24.3 Å². The second kappa shape index (κ2) is 8.63. The molecule has 0 spiro atoms. The fourth-order valence-corrected chi connectivity index (χ4v) is 1.88. The second-order valence-corrected chi connectivity index (χ2v) is 5.24. The minimum absolute atomic E-state index is 0.214. The molecule has 0 saturated heterocycles. The van der Waals surface area contributed by atoms with Crippen molar-refractivity contribution in [3.63, 3.8) is 0 Å². The highest BCUT2D eigenvalue weighted by Crippen LogP contribution is 2.25. The van der Waals surface area contributed by atoms with Gasteiger partial charge in [-0.05, 0) is 45.6 Å². The molecule has 1 aromatic rings. The molecule has 0 aromatic heterocycles. The van der Waals surface area contributed by atoms with Gasteiger partial charge in [0.2, 0.25) is 5.91 Å². The predicted octanol–water partition coefficient (Wildman–Crippen LogP) is 3.65. The number of rotatable bonds is 8. The van der Waals surface area contributed by atoms with Crippen LogP contribution in [-0.2, 0) is 4.79 Å². The van der Waals surface area contributed by atoms with Crippen LogP contribution >= 0.6 is 0 Å². The Morgan fingerprint density at radius 1 is 1.23 bits per heavy atom. The summed E-state index contributed by atoms with van der Waals surface area (Å²) in [7, 11) is 3.98. The predicted molar refractivity (Wildman–Crippen MR) is 78.8 cm³/mol. The van der Waals surface area contributed by atoms with Gasteiger partial charge in [-0.25, -0.2) is 0 Å². The quantitative estimate of drug-likeness (QED) is 0.744. The van der Waals surface area contributed by atoms with Crippen molar-refractivity contribution in [1.29, 1.82) is 0 Å². The van der Waals surface area contributed by atoms with E-state index in [-0.39, 0.29) is 11.7 Å². The minimum Gasteiger partial charge on any atom is -0.406 e. The molecule has 0 saturated carbocycles. The van der Waals surface area contributed by atoms with Gasteiger partial charge >= 0.3 is 6.36 Å². The van der Waals surface area contributed by atoms with E-state index in [0.717, 1.165) is 31.9 Å². The van der Waals surface area contributed by atoms with Crippen molar-refractivity contribution in [3.8, 4) is 5.75 Å². The van der Waals surface area contributed by atoms with E-state index in [2.05, 4.69) is 15.0 Å². The Kier molecular flexibility index (Phi) is 7.17. The van der Waals surface area contributed by atoms with Crippen LogP contribution < -0.4 is 10.1 Å². The van der Waals surface area contributed by atoms with Crippen molar-refractivity contribution in [1.82, 2.24) is 4.90 Å². The number of halogens is 3. The van der Waals surface area contributed by atoms with E-state index in [1.807, 2.05) is 14.1 Å². The number of amides is 1. The Bertz CT molecular complexity index is 476. The fraction of sp³-hybridized carbons (Fsp3) is 0.533. The van der Waals surface area contributed by atoms with Gasteiger partial charge in [-0.1, -0.05) is 12.5 Å². The molecule has 0 unspecified atom stereocenters. The summed E-state index contributed by atoms with van der Waals surface area (Å²) in [6.45, 7) is 0.971. The third-order valence-electron chi connectivity index (χ3n) is 2.86. The summed E-state index contributed by atoms with van der Waals surface area (Å²) in [6.07, 6.45) is -1.71. The molecule has 0 aliphatic carbocycles. The largest absolute Gasteiger partial charge is 0.573 e. The van der Waals surface area contributed by atoms with Gasteiger partial charge < -0.3 is 15.0 Å². The highest BCUT2D eigenvalue weighted by Gasteiger charge is 2.31. The fourth-order valence-electron chi connectivity index (χ4n) is 1.88. The highest BCUT2D eigenvalue weighted by atomic mass is 19.4. The number of anilines is 1. The number of ether oxygens (including phenoxy) is 1. The van der Waals surface area contributed by atoms with Gasteiger partial charge in [0.1, 0.15) is 5.75 Å². The van der Waals surface area contributed by atoms with Crippen LogP contribution in [-0.4, -0.2) is 37.8 Å². The topological polar surface area (TPSA) is 41.6 Å². The van der Waals surface area contributed by atoms with E-state index < -0.39 is 6.36 Å².